The van der Waals surface area contributed by atoms with Crippen LogP contribution >= 0.6 is 0 Å². The molecule has 1 atom stereocenters. The third-order valence-corrected chi connectivity index (χ3v) is 3.43. The number of benzene rings is 1. The van der Waals surface area contributed by atoms with Crippen molar-refractivity contribution in [2.24, 2.45) is 5.73 Å². The van der Waals surface area contributed by atoms with E-state index < -0.39 is 0 Å². The summed E-state index contributed by atoms with van der Waals surface area (Å²) in [4.78, 5) is 0. The van der Waals surface area contributed by atoms with Gasteiger partial charge in [-0.05, 0) is 43.9 Å². The lowest BCUT2D eigenvalue weighted by molar-refractivity contribution is 0.556. The molecule has 17 heavy (non-hydrogen) atoms. The van der Waals surface area contributed by atoms with Crippen LogP contribution in [0, 0.1) is 6.92 Å². The molecule has 1 unspecified atom stereocenters. The summed E-state index contributed by atoms with van der Waals surface area (Å²) in [5.74, 6) is 0. The first-order chi connectivity index (χ1) is 8.24. The maximum absolute atomic E-state index is 6.09. The topological polar surface area (TPSA) is 43.8 Å². The third kappa shape index (κ3) is 1.87. The molecule has 0 aliphatic heterocycles. The highest BCUT2D eigenvalue weighted by Crippen LogP contribution is 2.27. The first kappa shape index (κ1) is 10.5. The van der Waals surface area contributed by atoms with Crippen molar-refractivity contribution in [1.82, 2.24) is 9.78 Å². The second kappa shape index (κ2) is 4.00. The van der Waals surface area contributed by atoms with Gasteiger partial charge in [0.1, 0.15) is 0 Å². The van der Waals surface area contributed by atoms with Crippen molar-refractivity contribution >= 4 is 0 Å². The molecular weight excluding hydrogens is 210 g/mol. The van der Waals surface area contributed by atoms with E-state index >= 15 is 0 Å². The maximum atomic E-state index is 6.09. The zero-order valence-corrected chi connectivity index (χ0v) is 10.1. The lowest BCUT2D eigenvalue weighted by Gasteiger charge is -2.15. The Bertz CT molecular complexity index is 525. The van der Waals surface area contributed by atoms with Crippen molar-refractivity contribution in [3.8, 4) is 5.69 Å². The van der Waals surface area contributed by atoms with E-state index in [1.54, 1.807) is 0 Å². The quantitative estimate of drug-likeness (QED) is 0.813. The minimum absolute atomic E-state index is 0.116. The normalized spacial score (nSPS) is 19.1. The van der Waals surface area contributed by atoms with Crippen LogP contribution in [0.4, 0.5) is 0 Å². The van der Waals surface area contributed by atoms with Crippen molar-refractivity contribution in [1.29, 1.82) is 0 Å². The molecule has 1 aliphatic rings. The van der Waals surface area contributed by atoms with Gasteiger partial charge < -0.3 is 5.73 Å². The molecule has 0 saturated heterocycles. The van der Waals surface area contributed by atoms with Crippen LogP contribution in [0.15, 0.2) is 30.5 Å². The number of rotatable bonds is 1. The first-order valence-electron chi connectivity index (χ1n) is 6.15. The summed E-state index contributed by atoms with van der Waals surface area (Å²) in [6.45, 7) is 2.09. The van der Waals surface area contributed by atoms with Crippen molar-refractivity contribution < 1.29 is 0 Å². The highest BCUT2D eigenvalue weighted by Gasteiger charge is 2.20. The van der Waals surface area contributed by atoms with Gasteiger partial charge in [0.2, 0.25) is 0 Å². The summed E-state index contributed by atoms with van der Waals surface area (Å²) in [5, 5.41) is 4.62. The maximum Gasteiger partial charge on any atom is 0.0828 e. The average molecular weight is 227 g/mol. The van der Waals surface area contributed by atoms with Crippen LogP contribution in [-0.2, 0) is 6.42 Å². The van der Waals surface area contributed by atoms with Gasteiger partial charge in [0, 0.05) is 12.2 Å². The van der Waals surface area contributed by atoms with Crippen LogP contribution in [0.25, 0.3) is 5.69 Å². The van der Waals surface area contributed by atoms with E-state index in [2.05, 4.69) is 42.5 Å². The smallest absolute Gasteiger partial charge is 0.0828 e. The molecule has 1 aliphatic carbocycles. The highest BCUT2D eigenvalue weighted by molar-refractivity contribution is 5.36. The average Bonchev–Trinajstić information content (AvgIpc) is 2.75. The van der Waals surface area contributed by atoms with Crippen LogP contribution in [-0.4, -0.2) is 9.78 Å². The van der Waals surface area contributed by atoms with Gasteiger partial charge in [-0.2, -0.15) is 5.10 Å². The number of aryl methyl sites for hydroxylation is 2. The monoisotopic (exact) mass is 227 g/mol. The Hall–Kier alpha value is -1.61. The van der Waals surface area contributed by atoms with Gasteiger partial charge in [-0.3, -0.25) is 0 Å². The lowest BCUT2D eigenvalue weighted by Crippen LogP contribution is -2.17. The Morgan fingerprint density at radius 1 is 1.29 bits per heavy atom. The van der Waals surface area contributed by atoms with Gasteiger partial charge >= 0.3 is 0 Å². The number of nitrogens with zero attached hydrogens (tertiary/aromatic N) is 2. The second-order valence-corrected chi connectivity index (χ2v) is 4.82. The van der Waals surface area contributed by atoms with Crippen LogP contribution in [0.5, 0.6) is 0 Å². The zero-order chi connectivity index (χ0) is 11.8. The Balaban J connectivity index is 2.02. The molecule has 0 fully saturated rings. The molecule has 0 bridgehead atoms. The Kier molecular flexibility index (Phi) is 2.48. The number of hydrogen-bond donors (Lipinski definition) is 1. The number of aromatic nitrogens is 2. The van der Waals surface area contributed by atoms with E-state index in [4.69, 9.17) is 5.73 Å². The van der Waals surface area contributed by atoms with Crippen LogP contribution in [0.2, 0.25) is 0 Å². The lowest BCUT2D eigenvalue weighted by atomic mass is 9.95. The molecule has 1 aromatic heterocycles. The first-order valence-corrected chi connectivity index (χ1v) is 6.15. The Morgan fingerprint density at radius 3 is 2.76 bits per heavy atom. The summed E-state index contributed by atoms with van der Waals surface area (Å²) in [6, 6.07) is 8.52. The summed E-state index contributed by atoms with van der Waals surface area (Å²) in [6.07, 6.45) is 5.46. The van der Waals surface area contributed by atoms with Crippen molar-refractivity contribution in [2.45, 2.75) is 32.2 Å². The summed E-state index contributed by atoms with van der Waals surface area (Å²) in [5.41, 5.74) is 10.9. The molecule has 0 radical (unpaired) electrons. The van der Waals surface area contributed by atoms with Gasteiger partial charge in [0.15, 0.2) is 0 Å². The number of nitrogens with two attached hydrogens (primary N) is 1. The van der Waals surface area contributed by atoms with Crippen molar-refractivity contribution in [2.75, 3.05) is 0 Å². The van der Waals surface area contributed by atoms with Gasteiger partial charge in [-0.1, -0.05) is 17.7 Å². The van der Waals surface area contributed by atoms with Crippen LogP contribution in [0.3, 0.4) is 0 Å². The third-order valence-electron chi connectivity index (χ3n) is 3.43. The fourth-order valence-electron chi connectivity index (χ4n) is 2.41. The summed E-state index contributed by atoms with van der Waals surface area (Å²) in [7, 11) is 0. The summed E-state index contributed by atoms with van der Waals surface area (Å²) < 4.78 is 1.95. The molecule has 88 valence electrons. The second-order valence-electron chi connectivity index (χ2n) is 4.82. The highest BCUT2D eigenvalue weighted by atomic mass is 15.3. The minimum Gasteiger partial charge on any atom is -0.323 e. The van der Waals surface area contributed by atoms with E-state index in [1.165, 1.54) is 17.5 Å². The fraction of sp³-hybridized carbons (Fsp3) is 0.357. The van der Waals surface area contributed by atoms with E-state index in [1.807, 2.05) is 4.68 Å². The predicted molar refractivity (Wildman–Crippen MR) is 68.2 cm³/mol. The molecule has 2 aromatic rings. The van der Waals surface area contributed by atoms with E-state index in [0.29, 0.717) is 0 Å². The number of fused-ring (bicyclic) bond motifs is 1. The van der Waals surface area contributed by atoms with Gasteiger partial charge in [-0.25, -0.2) is 4.68 Å². The SMILES string of the molecule is Cc1ccc(-n2cc3c(n2)C(N)CCC3)cc1. The molecule has 2 N–H and O–H groups in total. The van der Waals surface area contributed by atoms with Crippen molar-refractivity contribution in [3.05, 3.63) is 47.3 Å². The molecular formula is C14H17N3. The van der Waals surface area contributed by atoms with E-state index in [9.17, 15) is 0 Å². The van der Waals surface area contributed by atoms with E-state index in [-0.39, 0.29) is 6.04 Å². The molecule has 3 rings (SSSR count). The Labute approximate surface area is 101 Å². The number of hydrogen-bond acceptors (Lipinski definition) is 2. The van der Waals surface area contributed by atoms with Gasteiger partial charge in [0.25, 0.3) is 0 Å². The van der Waals surface area contributed by atoms with Gasteiger partial charge in [-0.15, -0.1) is 0 Å². The standard InChI is InChI=1S/C14H17N3/c1-10-5-7-12(8-6-10)17-9-11-3-2-4-13(15)14(11)16-17/h5-9,13H,2-4,15H2,1H3. The molecule has 0 amide bonds. The molecule has 1 aromatic carbocycles. The summed E-state index contributed by atoms with van der Waals surface area (Å²) >= 11 is 0. The van der Waals surface area contributed by atoms with Gasteiger partial charge in [0.05, 0.1) is 11.4 Å². The molecule has 3 heteroatoms. The largest absolute Gasteiger partial charge is 0.323 e. The van der Waals surface area contributed by atoms with Crippen LogP contribution < -0.4 is 5.73 Å². The Morgan fingerprint density at radius 2 is 2.06 bits per heavy atom. The minimum atomic E-state index is 0.116. The molecule has 0 spiro atoms. The zero-order valence-electron chi connectivity index (χ0n) is 10.1. The fourth-order valence-corrected chi connectivity index (χ4v) is 2.41. The predicted octanol–water partition coefficient (Wildman–Crippen LogP) is 2.52. The van der Waals surface area contributed by atoms with Crippen LogP contribution in [0.1, 0.15) is 35.7 Å². The molecule has 1 heterocycles. The molecule has 3 nitrogen and oxygen atoms in total. The molecule has 0 saturated carbocycles. The van der Waals surface area contributed by atoms with E-state index in [0.717, 1.165) is 24.2 Å². The van der Waals surface area contributed by atoms with Crippen molar-refractivity contribution in [3.63, 3.8) is 0 Å².